The summed E-state index contributed by atoms with van der Waals surface area (Å²) < 4.78 is 0. The molecule has 0 aliphatic carbocycles. The first-order chi connectivity index (χ1) is 13.0. The second kappa shape index (κ2) is 6.87. The zero-order chi connectivity index (χ0) is 19.0. The number of carbonyl (C=O) groups is 3. The summed E-state index contributed by atoms with van der Waals surface area (Å²) in [5.74, 6) is -0.617. The number of hydrogen-bond acceptors (Lipinski definition) is 3. The van der Waals surface area contributed by atoms with Gasteiger partial charge in [-0.1, -0.05) is 29.8 Å². The topological polar surface area (TPSA) is 69.7 Å². The first kappa shape index (κ1) is 17.3. The lowest BCUT2D eigenvalue weighted by atomic mass is 10.1. The number of amides is 3. The zero-order valence-electron chi connectivity index (χ0n) is 15.1. The molecule has 0 spiro atoms. The van der Waals surface area contributed by atoms with E-state index in [2.05, 4.69) is 5.32 Å². The number of aryl methyl sites for hydroxylation is 1. The highest BCUT2D eigenvalue weighted by molar-refractivity contribution is 6.13. The molecule has 6 nitrogen and oxygen atoms in total. The van der Waals surface area contributed by atoms with Crippen molar-refractivity contribution in [2.75, 3.05) is 23.3 Å². The first-order valence-corrected chi connectivity index (χ1v) is 9.12. The van der Waals surface area contributed by atoms with Crippen LogP contribution >= 0.6 is 0 Å². The third-order valence-electron chi connectivity index (χ3n) is 5.13. The molecule has 3 amide bonds. The molecule has 2 aromatic rings. The summed E-state index contributed by atoms with van der Waals surface area (Å²) in [4.78, 5) is 41.7. The Morgan fingerprint density at radius 1 is 1.11 bits per heavy atom. The van der Waals surface area contributed by atoms with Gasteiger partial charge in [0.25, 0.3) is 5.91 Å². The monoisotopic (exact) mass is 363 g/mol. The Morgan fingerprint density at radius 2 is 1.85 bits per heavy atom. The minimum atomic E-state index is -0.489. The Morgan fingerprint density at radius 3 is 2.63 bits per heavy atom. The van der Waals surface area contributed by atoms with Crippen molar-refractivity contribution in [1.29, 1.82) is 0 Å². The van der Waals surface area contributed by atoms with Gasteiger partial charge in [0.2, 0.25) is 11.8 Å². The lowest BCUT2D eigenvalue weighted by Crippen LogP contribution is -2.47. The van der Waals surface area contributed by atoms with Gasteiger partial charge in [0.05, 0.1) is 11.3 Å². The summed E-state index contributed by atoms with van der Waals surface area (Å²) in [6.45, 7) is 2.43. The van der Waals surface area contributed by atoms with Crippen molar-refractivity contribution in [2.45, 2.75) is 25.8 Å². The van der Waals surface area contributed by atoms with Gasteiger partial charge >= 0.3 is 0 Å². The Balaban J connectivity index is 1.62. The quantitative estimate of drug-likeness (QED) is 0.911. The average Bonchev–Trinajstić information content (AvgIpc) is 3.14. The summed E-state index contributed by atoms with van der Waals surface area (Å²) in [5, 5.41) is 2.83. The normalized spacial score (nSPS) is 18.8. The Kier molecular flexibility index (Phi) is 4.39. The van der Waals surface area contributed by atoms with Crippen LogP contribution in [0.1, 0.15) is 28.8 Å². The van der Waals surface area contributed by atoms with Gasteiger partial charge in [-0.2, -0.15) is 0 Å². The maximum Gasteiger partial charge on any atom is 0.256 e. The summed E-state index contributed by atoms with van der Waals surface area (Å²) in [6, 6.07) is 14.0. The number of rotatable bonds is 3. The van der Waals surface area contributed by atoms with Crippen LogP contribution in [0.2, 0.25) is 0 Å². The zero-order valence-corrected chi connectivity index (χ0v) is 15.1. The highest BCUT2D eigenvalue weighted by atomic mass is 16.2. The summed E-state index contributed by atoms with van der Waals surface area (Å²) in [7, 11) is 0. The molecule has 1 saturated heterocycles. The van der Waals surface area contributed by atoms with Crippen LogP contribution in [-0.4, -0.2) is 41.8 Å². The van der Waals surface area contributed by atoms with Gasteiger partial charge in [-0.05, 0) is 44.0 Å². The fourth-order valence-corrected chi connectivity index (χ4v) is 3.75. The van der Waals surface area contributed by atoms with Crippen molar-refractivity contribution in [3.05, 3.63) is 59.7 Å². The first-order valence-electron chi connectivity index (χ1n) is 9.12. The molecule has 2 aliphatic rings. The van der Waals surface area contributed by atoms with Crippen LogP contribution < -0.4 is 10.2 Å². The largest absolute Gasteiger partial charge is 0.327 e. The van der Waals surface area contributed by atoms with E-state index in [9.17, 15) is 14.4 Å². The molecule has 138 valence electrons. The third-order valence-corrected chi connectivity index (χ3v) is 5.13. The van der Waals surface area contributed by atoms with E-state index in [1.165, 1.54) is 4.90 Å². The van der Waals surface area contributed by atoms with E-state index in [4.69, 9.17) is 0 Å². The minimum Gasteiger partial charge on any atom is -0.327 e. The molecule has 0 radical (unpaired) electrons. The number of carbonyl (C=O) groups excluding carboxylic acids is 3. The number of anilines is 2. The Hall–Kier alpha value is -3.15. The summed E-state index contributed by atoms with van der Waals surface area (Å²) in [6.07, 6.45) is 1.43. The highest BCUT2D eigenvalue weighted by Crippen LogP contribution is 2.32. The van der Waals surface area contributed by atoms with Gasteiger partial charge in [0.1, 0.15) is 12.6 Å². The highest BCUT2D eigenvalue weighted by Gasteiger charge is 2.42. The van der Waals surface area contributed by atoms with Gasteiger partial charge in [0, 0.05) is 12.2 Å². The smallest absolute Gasteiger partial charge is 0.256 e. The van der Waals surface area contributed by atoms with E-state index in [1.54, 1.807) is 29.2 Å². The SMILES string of the molecule is Cc1ccc(NC(=O)CN2C(=O)[C@@H]3CCCN3C(=O)c3ccccc32)cc1. The number of benzene rings is 2. The van der Waals surface area contributed by atoms with Crippen molar-refractivity contribution < 1.29 is 14.4 Å². The molecule has 0 aromatic heterocycles. The summed E-state index contributed by atoms with van der Waals surface area (Å²) >= 11 is 0. The lowest BCUT2D eigenvalue weighted by molar-refractivity contribution is -0.124. The fourth-order valence-electron chi connectivity index (χ4n) is 3.75. The van der Waals surface area contributed by atoms with E-state index in [0.717, 1.165) is 12.0 Å². The molecule has 1 fully saturated rings. The summed E-state index contributed by atoms with van der Waals surface area (Å²) in [5.41, 5.74) is 2.75. The van der Waals surface area contributed by atoms with Crippen molar-refractivity contribution in [3.63, 3.8) is 0 Å². The van der Waals surface area contributed by atoms with E-state index in [0.29, 0.717) is 29.9 Å². The maximum atomic E-state index is 13.1. The lowest BCUT2D eigenvalue weighted by Gasteiger charge is -2.25. The van der Waals surface area contributed by atoms with Crippen molar-refractivity contribution >= 4 is 29.1 Å². The van der Waals surface area contributed by atoms with E-state index in [1.807, 2.05) is 31.2 Å². The van der Waals surface area contributed by atoms with Crippen LogP contribution in [0.4, 0.5) is 11.4 Å². The van der Waals surface area contributed by atoms with Gasteiger partial charge in [-0.25, -0.2) is 0 Å². The number of para-hydroxylation sites is 1. The van der Waals surface area contributed by atoms with Crippen LogP contribution in [0.5, 0.6) is 0 Å². The minimum absolute atomic E-state index is 0.124. The molecule has 0 bridgehead atoms. The molecule has 0 unspecified atom stereocenters. The molecule has 27 heavy (non-hydrogen) atoms. The number of fused-ring (bicyclic) bond motifs is 2. The number of nitrogens with zero attached hydrogens (tertiary/aromatic N) is 2. The molecular formula is C21H21N3O3. The van der Waals surface area contributed by atoms with E-state index < -0.39 is 6.04 Å². The molecule has 2 heterocycles. The molecule has 1 N–H and O–H groups in total. The molecule has 1 atom stereocenters. The van der Waals surface area contributed by atoms with Gasteiger partial charge in [-0.15, -0.1) is 0 Å². The number of nitrogens with one attached hydrogen (secondary N) is 1. The fraction of sp³-hybridized carbons (Fsp3) is 0.286. The molecule has 0 saturated carbocycles. The Bertz CT molecular complexity index is 907. The standard InChI is InChI=1S/C21H21N3O3/c1-14-8-10-15(11-9-14)22-19(25)13-24-17-6-3-2-5-16(17)20(26)23-12-4-7-18(23)21(24)27/h2-3,5-6,8-11,18H,4,7,12-13H2,1H3,(H,22,25)/t18-/m0/s1. The van der Waals surface area contributed by atoms with Crippen LogP contribution in [0, 0.1) is 6.92 Å². The van der Waals surface area contributed by atoms with Crippen molar-refractivity contribution in [1.82, 2.24) is 4.90 Å². The molecule has 6 heteroatoms. The predicted octanol–water partition coefficient (Wildman–Crippen LogP) is 2.58. The second-order valence-electron chi connectivity index (χ2n) is 7.01. The molecule has 2 aromatic carbocycles. The van der Waals surface area contributed by atoms with Crippen molar-refractivity contribution in [3.8, 4) is 0 Å². The average molecular weight is 363 g/mol. The van der Waals surface area contributed by atoms with E-state index in [-0.39, 0.29) is 24.3 Å². The second-order valence-corrected chi connectivity index (χ2v) is 7.01. The molecular weight excluding hydrogens is 342 g/mol. The molecule has 2 aliphatic heterocycles. The van der Waals surface area contributed by atoms with Gasteiger partial charge in [0.15, 0.2) is 0 Å². The van der Waals surface area contributed by atoms with Gasteiger partial charge in [-0.3, -0.25) is 14.4 Å². The van der Waals surface area contributed by atoms with Crippen LogP contribution in [0.15, 0.2) is 48.5 Å². The Labute approximate surface area is 157 Å². The number of hydrogen-bond donors (Lipinski definition) is 1. The maximum absolute atomic E-state index is 13.1. The van der Waals surface area contributed by atoms with Crippen LogP contribution in [-0.2, 0) is 9.59 Å². The van der Waals surface area contributed by atoms with Crippen molar-refractivity contribution in [2.24, 2.45) is 0 Å². The van der Waals surface area contributed by atoms with Crippen LogP contribution in [0.3, 0.4) is 0 Å². The van der Waals surface area contributed by atoms with Crippen LogP contribution in [0.25, 0.3) is 0 Å². The molecule has 4 rings (SSSR count). The predicted molar refractivity (Wildman–Crippen MR) is 103 cm³/mol. The van der Waals surface area contributed by atoms with Gasteiger partial charge < -0.3 is 15.1 Å². The van der Waals surface area contributed by atoms with E-state index >= 15 is 0 Å². The third kappa shape index (κ3) is 3.18.